The standard InChI is InChI=1S/C11H11BrN2O2/c1-2-16-11(15)9-4-6-3-7(13)5-8(12)10(6)14-9/h3-5,14H,2,13H2,1H3. The largest absolute Gasteiger partial charge is 0.461 e. The number of hydrogen-bond donors (Lipinski definition) is 2. The molecule has 84 valence electrons. The summed E-state index contributed by atoms with van der Waals surface area (Å²) in [5, 5.41) is 0.884. The van der Waals surface area contributed by atoms with Crippen LogP contribution in [-0.2, 0) is 4.74 Å². The van der Waals surface area contributed by atoms with Crippen LogP contribution in [0.15, 0.2) is 22.7 Å². The molecule has 16 heavy (non-hydrogen) atoms. The number of H-pyrrole nitrogens is 1. The highest BCUT2D eigenvalue weighted by molar-refractivity contribution is 9.10. The van der Waals surface area contributed by atoms with Gasteiger partial charge in [0.05, 0.1) is 12.1 Å². The van der Waals surface area contributed by atoms with Crippen LogP contribution in [0.3, 0.4) is 0 Å². The van der Waals surface area contributed by atoms with Crippen LogP contribution in [0, 0.1) is 0 Å². The number of benzene rings is 1. The smallest absolute Gasteiger partial charge is 0.354 e. The molecule has 2 aromatic rings. The Balaban J connectivity index is 2.51. The van der Waals surface area contributed by atoms with Crippen molar-refractivity contribution in [3.63, 3.8) is 0 Å². The van der Waals surface area contributed by atoms with Crippen molar-refractivity contribution < 1.29 is 9.53 Å². The fourth-order valence-electron chi connectivity index (χ4n) is 1.54. The van der Waals surface area contributed by atoms with Gasteiger partial charge in [-0.15, -0.1) is 0 Å². The zero-order chi connectivity index (χ0) is 11.7. The van der Waals surface area contributed by atoms with Crippen LogP contribution in [0.5, 0.6) is 0 Å². The van der Waals surface area contributed by atoms with E-state index in [0.29, 0.717) is 18.0 Å². The Labute approximate surface area is 101 Å². The molecular weight excluding hydrogens is 272 g/mol. The van der Waals surface area contributed by atoms with Gasteiger partial charge in [-0.25, -0.2) is 4.79 Å². The zero-order valence-electron chi connectivity index (χ0n) is 8.71. The first-order chi connectivity index (χ1) is 7.61. The molecule has 1 aromatic heterocycles. The molecule has 0 bridgehead atoms. The van der Waals surface area contributed by atoms with Gasteiger partial charge in [0.2, 0.25) is 0 Å². The number of carbonyl (C=O) groups is 1. The Hall–Kier alpha value is -1.49. The van der Waals surface area contributed by atoms with Gasteiger partial charge in [-0.05, 0) is 41.1 Å². The van der Waals surface area contributed by atoms with Crippen molar-refractivity contribution in [2.24, 2.45) is 0 Å². The number of carbonyl (C=O) groups excluding carboxylic acids is 1. The summed E-state index contributed by atoms with van der Waals surface area (Å²) in [6, 6.07) is 5.32. The molecule has 0 spiro atoms. The van der Waals surface area contributed by atoms with Crippen molar-refractivity contribution in [2.45, 2.75) is 6.92 Å². The molecule has 0 radical (unpaired) electrons. The van der Waals surface area contributed by atoms with Crippen LogP contribution < -0.4 is 5.73 Å². The minimum absolute atomic E-state index is 0.357. The number of anilines is 1. The van der Waals surface area contributed by atoms with Gasteiger partial charge in [-0.3, -0.25) is 0 Å². The number of ether oxygens (including phenoxy) is 1. The van der Waals surface area contributed by atoms with Crippen LogP contribution in [0.4, 0.5) is 5.69 Å². The second-order valence-corrected chi connectivity index (χ2v) is 4.22. The van der Waals surface area contributed by atoms with Gasteiger partial charge < -0.3 is 15.5 Å². The topological polar surface area (TPSA) is 68.1 Å². The number of nitrogen functional groups attached to an aromatic ring is 1. The summed E-state index contributed by atoms with van der Waals surface area (Å²) in [6.45, 7) is 2.13. The van der Waals surface area contributed by atoms with Crippen molar-refractivity contribution in [2.75, 3.05) is 12.3 Å². The molecule has 1 aromatic carbocycles. The van der Waals surface area contributed by atoms with E-state index in [1.54, 1.807) is 25.1 Å². The Bertz CT molecular complexity index is 548. The quantitative estimate of drug-likeness (QED) is 0.657. The number of nitrogens with two attached hydrogens (primary N) is 1. The van der Waals surface area contributed by atoms with Crippen LogP contribution in [0.25, 0.3) is 10.9 Å². The first kappa shape index (κ1) is 11.0. The Kier molecular flexibility index (Phi) is 2.87. The molecular formula is C11H11BrN2O2. The summed E-state index contributed by atoms with van der Waals surface area (Å²) < 4.78 is 5.74. The van der Waals surface area contributed by atoms with E-state index in [1.807, 2.05) is 0 Å². The fourth-order valence-corrected chi connectivity index (χ4v) is 2.13. The number of halogens is 1. The maximum Gasteiger partial charge on any atom is 0.354 e. The molecule has 0 amide bonds. The summed E-state index contributed by atoms with van der Waals surface area (Å²) in [5.74, 6) is -0.357. The lowest BCUT2D eigenvalue weighted by molar-refractivity contribution is 0.0520. The first-order valence-electron chi connectivity index (χ1n) is 4.86. The molecule has 5 heteroatoms. The summed E-state index contributed by atoms with van der Waals surface area (Å²) in [5.41, 5.74) is 7.63. The van der Waals surface area contributed by atoms with Gasteiger partial charge in [-0.1, -0.05) is 0 Å². The average molecular weight is 283 g/mol. The number of rotatable bonds is 2. The molecule has 0 fully saturated rings. The molecule has 0 aliphatic carbocycles. The number of fused-ring (bicyclic) bond motifs is 1. The highest BCUT2D eigenvalue weighted by atomic mass is 79.9. The fraction of sp³-hybridized carbons (Fsp3) is 0.182. The maximum atomic E-state index is 11.5. The van der Waals surface area contributed by atoms with Crippen LogP contribution >= 0.6 is 15.9 Å². The first-order valence-corrected chi connectivity index (χ1v) is 5.66. The molecule has 2 rings (SSSR count). The van der Waals surface area contributed by atoms with E-state index in [2.05, 4.69) is 20.9 Å². The van der Waals surface area contributed by atoms with Crippen LogP contribution in [-0.4, -0.2) is 17.6 Å². The van der Waals surface area contributed by atoms with Crippen molar-refractivity contribution in [1.82, 2.24) is 4.98 Å². The molecule has 0 aliphatic rings. The Morgan fingerprint density at radius 2 is 2.25 bits per heavy atom. The molecule has 0 aliphatic heterocycles. The van der Waals surface area contributed by atoms with Crippen molar-refractivity contribution in [3.8, 4) is 0 Å². The second kappa shape index (κ2) is 4.17. The molecule has 0 unspecified atom stereocenters. The Morgan fingerprint density at radius 3 is 2.94 bits per heavy atom. The lowest BCUT2D eigenvalue weighted by atomic mass is 10.2. The summed E-state index contributed by atoms with van der Waals surface area (Å²) in [6.07, 6.45) is 0. The third-order valence-corrected chi connectivity index (χ3v) is 2.82. The number of hydrogen-bond acceptors (Lipinski definition) is 3. The third kappa shape index (κ3) is 1.90. The highest BCUT2D eigenvalue weighted by Crippen LogP contribution is 2.27. The van der Waals surface area contributed by atoms with Gasteiger partial charge in [0.25, 0.3) is 0 Å². The normalized spacial score (nSPS) is 10.6. The summed E-state index contributed by atoms with van der Waals surface area (Å²) in [7, 11) is 0. The van der Waals surface area contributed by atoms with Crippen molar-refractivity contribution >= 4 is 38.5 Å². The molecule has 0 saturated heterocycles. The van der Waals surface area contributed by atoms with Gasteiger partial charge in [-0.2, -0.15) is 0 Å². The van der Waals surface area contributed by atoms with E-state index >= 15 is 0 Å². The molecule has 4 nitrogen and oxygen atoms in total. The minimum Gasteiger partial charge on any atom is -0.461 e. The van der Waals surface area contributed by atoms with Gasteiger partial charge in [0.15, 0.2) is 0 Å². The van der Waals surface area contributed by atoms with E-state index in [9.17, 15) is 4.79 Å². The van der Waals surface area contributed by atoms with E-state index in [-0.39, 0.29) is 5.97 Å². The van der Waals surface area contributed by atoms with Crippen molar-refractivity contribution in [1.29, 1.82) is 0 Å². The number of aromatic nitrogens is 1. The lowest BCUT2D eigenvalue weighted by Gasteiger charge is -1.97. The Morgan fingerprint density at radius 1 is 1.50 bits per heavy atom. The molecule has 1 heterocycles. The monoisotopic (exact) mass is 282 g/mol. The predicted octanol–water partition coefficient (Wildman–Crippen LogP) is 2.69. The number of nitrogens with one attached hydrogen (secondary N) is 1. The van der Waals surface area contributed by atoms with E-state index in [1.165, 1.54) is 0 Å². The van der Waals surface area contributed by atoms with E-state index in [0.717, 1.165) is 15.4 Å². The minimum atomic E-state index is -0.357. The number of aromatic amines is 1. The van der Waals surface area contributed by atoms with E-state index in [4.69, 9.17) is 10.5 Å². The van der Waals surface area contributed by atoms with Gasteiger partial charge in [0.1, 0.15) is 5.69 Å². The third-order valence-electron chi connectivity index (χ3n) is 2.20. The highest BCUT2D eigenvalue weighted by Gasteiger charge is 2.12. The summed E-state index contributed by atoms with van der Waals surface area (Å²) in [4.78, 5) is 14.5. The van der Waals surface area contributed by atoms with Crippen LogP contribution in [0.1, 0.15) is 17.4 Å². The summed E-state index contributed by atoms with van der Waals surface area (Å²) >= 11 is 3.39. The van der Waals surface area contributed by atoms with Gasteiger partial charge >= 0.3 is 5.97 Å². The maximum absolute atomic E-state index is 11.5. The van der Waals surface area contributed by atoms with Gasteiger partial charge in [0, 0.05) is 15.5 Å². The zero-order valence-corrected chi connectivity index (χ0v) is 10.3. The second-order valence-electron chi connectivity index (χ2n) is 3.37. The van der Waals surface area contributed by atoms with Crippen LogP contribution in [0.2, 0.25) is 0 Å². The molecule has 0 atom stereocenters. The predicted molar refractivity (Wildman–Crippen MR) is 66.4 cm³/mol. The number of esters is 1. The lowest BCUT2D eigenvalue weighted by Crippen LogP contribution is -2.04. The molecule has 0 saturated carbocycles. The molecule has 3 N–H and O–H groups in total. The SMILES string of the molecule is CCOC(=O)c1cc2cc(N)cc(Br)c2[nH]1. The van der Waals surface area contributed by atoms with Crippen molar-refractivity contribution in [3.05, 3.63) is 28.4 Å². The average Bonchev–Trinajstić information content (AvgIpc) is 2.62. The van der Waals surface area contributed by atoms with E-state index < -0.39 is 0 Å².